The third-order valence-electron chi connectivity index (χ3n) is 13.3. The normalized spacial score (nSPS) is 14.5. The Morgan fingerprint density at radius 3 is 0.780 bits per heavy atom. The second-order valence-corrected chi connectivity index (χ2v) is 20.4. The lowest BCUT2D eigenvalue weighted by molar-refractivity contribution is -0.902. The van der Waals surface area contributed by atoms with Crippen LogP contribution in [0.3, 0.4) is 0 Å². The molecule has 0 saturated carbocycles. The summed E-state index contributed by atoms with van der Waals surface area (Å²) in [5, 5.41) is 4.86. The number of amides is 2. The Balaban J connectivity index is 1.32. The van der Waals surface area contributed by atoms with E-state index in [2.05, 4.69) is 10.6 Å². The number of nitrogens with zero attached hydrogens (tertiary/aromatic N) is 2. The number of carbonyl (C=O) groups excluding carboxylic acids is 2. The van der Waals surface area contributed by atoms with Crippen molar-refractivity contribution >= 4 is 11.8 Å². The fraction of sp³-hybridized carbons (Fsp3) is 0.480. The first-order valence-corrected chi connectivity index (χ1v) is 23.2. The van der Waals surface area contributed by atoms with Gasteiger partial charge in [0.15, 0.2) is 0 Å². The minimum atomic E-state index is -7.81. The first kappa shape index (κ1) is 68.4. The highest BCUT2D eigenvalue weighted by Gasteiger charge is 2.93. The molecule has 0 unspecified atom stereocenters. The number of carbonyl (C=O) groups is 2. The number of alkyl halides is 26. The maximum absolute atomic E-state index is 14.5. The molecule has 6 nitrogen and oxygen atoms in total. The molecule has 0 aliphatic carbocycles. The lowest BCUT2D eigenvalue weighted by Gasteiger charge is -2.45. The Bertz CT molecular complexity index is 2590. The molecule has 32 heteroatoms. The monoisotopic (exact) mass is 1230 g/mol. The molecular formula is C50H46F26N4O2+2. The molecule has 0 aliphatic heterocycles. The van der Waals surface area contributed by atoms with Crippen LogP contribution >= 0.6 is 0 Å². The van der Waals surface area contributed by atoms with Crippen LogP contribution in [-0.4, -0.2) is 136 Å². The van der Waals surface area contributed by atoms with Gasteiger partial charge < -0.3 is 19.6 Å². The van der Waals surface area contributed by atoms with Gasteiger partial charge in [0.05, 0.1) is 54.4 Å². The van der Waals surface area contributed by atoms with E-state index in [0.717, 1.165) is 22.3 Å². The van der Waals surface area contributed by atoms with E-state index in [0.29, 0.717) is 37.4 Å². The van der Waals surface area contributed by atoms with Crippen molar-refractivity contribution in [3.63, 3.8) is 0 Å². The molecule has 2 amide bonds. The predicted octanol–water partition coefficient (Wildman–Crippen LogP) is 14.3. The van der Waals surface area contributed by atoms with E-state index in [-0.39, 0.29) is 59.4 Å². The number of rotatable bonds is 21. The van der Waals surface area contributed by atoms with Gasteiger partial charge in [0.1, 0.15) is 13.1 Å². The fourth-order valence-corrected chi connectivity index (χ4v) is 8.61. The Morgan fingerprint density at radius 1 is 0.329 bits per heavy atom. The van der Waals surface area contributed by atoms with Crippen molar-refractivity contribution in [2.45, 2.75) is 86.7 Å². The Labute approximate surface area is 448 Å². The summed E-state index contributed by atoms with van der Waals surface area (Å²) in [5.41, 5.74) is -14.5. The molecule has 0 radical (unpaired) electrons. The van der Waals surface area contributed by atoms with E-state index in [1.54, 1.807) is 76.7 Å². The minimum Gasteiger partial charge on any atom is -0.346 e. The quantitative estimate of drug-likeness (QED) is 0.0645. The van der Waals surface area contributed by atoms with Crippen LogP contribution in [0, 0.1) is 10.8 Å². The summed E-state index contributed by atoms with van der Waals surface area (Å²) < 4.78 is 356. The largest absolute Gasteiger partial charge is 0.459 e. The highest BCUT2D eigenvalue weighted by molar-refractivity contribution is 5.94. The Kier molecular flexibility index (Phi) is 19.0. The first-order valence-electron chi connectivity index (χ1n) is 23.2. The maximum Gasteiger partial charge on any atom is 0.459 e. The molecule has 0 fully saturated rings. The molecule has 0 spiro atoms. The number of hydrogen-bond donors (Lipinski definition) is 2. The number of nitrogens with one attached hydrogen (secondary N) is 2. The number of benzene rings is 4. The van der Waals surface area contributed by atoms with Crippen molar-refractivity contribution in [1.29, 1.82) is 0 Å². The van der Waals surface area contributed by atoms with E-state index in [9.17, 15) is 124 Å². The molecule has 0 saturated heterocycles. The lowest BCUT2D eigenvalue weighted by atomic mass is 9.71. The van der Waals surface area contributed by atoms with Crippen LogP contribution < -0.4 is 10.6 Å². The molecule has 4 aromatic carbocycles. The van der Waals surface area contributed by atoms with Gasteiger partial charge in [0.2, 0.25) is 10.8 Å². The van der Waals surface area contributed by atoms with Gasteiger partial charge in [-0.05, 0) is 46.5 Å². The number of likely N-dealkylation sites (N-methyl/N-ethyl adjacent to an activating group) is 2. The summed E-state index contributed by atoms with van der Waals surface area (Å²) in [6.07, 6.45) is -51.0. The Morgan fingerprint density at radius 2 is 0.561 bits per heavy atom. The SMILES string of the molecule is C[N+](C)(CCNC(=O)c1ccc(CC(C(F)(F)F)(C(F)(F)F)C(F)(F)C(F)(F)C(F)(F)F)cc1)Cc1ccc(-c2ccc(C[N+](C)(C)CCNC(=O)c3ccc(CC(C(F)(F)F)(C(F)(F)F)C(F)(F)C(F)(F)C(F)(F)F)cc3)cc2)cc1. The summed E-state index contributed by atoms with van der Waals surface area (Å²) >= 11 is 0. The molecule has 4 aromatic rings. The highest BCUT2D eigenvalue weighted by atomic mass is 19.5. The van der Waals surface area contributed by atoms with Crippen LogP contribution in [0.1, 0.15) is 43.0 Å². The van der Waals surface area contributed by atoms with Crippen molar-refractivity contribution in [3.05, 3.63) is 130 Å². The van der Waals surface area contributed by atoms with Crippen LogP contribution in [0.5, 0.6) is 0 Å². The molecular weight excluding hydrogens is 1180 g/mol. The van der Waals surface area contributed by atoms with Gasteiger partial charge in [-0.1, -0.05) is 72.8 Å². The van der Waals surface area contributed by atoms with Crippen LogP contribution in [-0.2, 0) is 25.9 Å². The first-order chi connectivity index (χ1) is 36.8. The van der Waals surface area contributed by atoms with Crippen molar-refractivity contribution in [2.75, 3.05) is 54.4 Å². The van der Waals surface area contributed by atoms with Crippen molar-refractivity contribution in [1.82, 2.24) is 10.6 Å². The minimum absolute atomic E-state index is 0.103. The van der Waals surface area contributed by atoms with Gasteiger partial charge in [0, 0.05) is 35.1 Å². The average Bonchev–Trinajstić information content (AvgIpc) is 3.30. The molecule has 0 aromatic heterocycles. The predicted molar refractivity (Wildman–Crippen MR) is 239 cm³/mol. The number of hydrogen-bond acceptors (Lipinski definition) is 2. The standard InChI is InChI=1S/C50H44F26N4O2/c1-79(2,23-21-77-37(81)35-17-5-29(6-18-35)25-39(45(59,60)61,46(62,63)64)41(51,52)43(55,56)49(71,72)73)27-31-9-13-33(14-10-31)34-15-11-32(12-16-34)28-80(3,4)24-22-78-38(82)36-19-7-30(8-20-36)26-40(47(65,66)67,48(68,69)70)42(53,54)44(57,58)50(74,75)76/h5-20H,21-28H2,1-4H3/p+2. The van der Waals surface area contributed by atoms with E-state index in [4.69, 9.17) is 0 Å². The van der Waals surface area contributed by atoms with E-state index in [1.165, 1.54) is 0 Å². The fourth-order valence-electron chi connectivity index (χ4n) is 8.61. The van der Waals surface area contributed by atoms with Crippen LogP contribution in [0.2, 0.25) is 0 Å². The summed E-state index contributed by atoms with van der Waals surface area (Å²) in [4.78, 5) is 25.6. The molecule has 0 bridgehead atoms. The summed E-state index contributed by atoms with van der Waals surface area (Å²) in [6.45, 7) is 0.894. The zero-order chi connectivity index (χ0) is 63.2. The molecule has 0 atom stereocenters. The molecule has 82 heavy (non-hydrogen) atoms. The Hall–Kier alpha value is -6.08. The summed E-state index contributed by atoms with van der Waals surface area (Å²) in [6, 6.07) is 17.6. The van der Waals surface area contributed by atoms with Gasteiger partial charge in [-0.25, -0.2) is 0 Å². The van der Waals surface area contributed by atoms with Crippen LogP contribution in [0.15, 0.2) is 97.1 Å². The highest BCUT2D eigenvalue weighted by Crippen LogP contribution is 2.68. The van der Waals surface area contributed by atoms with Gasteiger partial charge in [0.25, 0.3) is 11.8 Å². The lowest BCUT2D eigenvalue weighted by Crippen LogP contribution is -2.71. The van der Waals surface area contributed by atoms with E-state index < -0.39 is 118 Å². The summed E-state index contributed by atoms with van der Waals surface area (Å²) in [5.74, 6) is -33.2. The van der Waals surface area contributed by atoms with Crippen molar-refractivity contribution < 1.29 is 133 Å². The molecule has 0 heterocycles. The van der Waals surface area contributed by atoms with Gasteiger partial charge in [-0.2, -0.15) is 114 Å². The van der Waals surface area contributed by atoms with Crippen LogP contribution in [0.4, 0.5) is 114 Å². The second kappa shape index (κ2) is 22.8. The van der Waals surface area contributed by atoms with Crippen molar-refractivity contribution in [3.8, 4) is 11.1 Å². The molecule has 2 N–H and O–H groups in total. The van der Waals surface area contributed by atoms with E-state index in [1.807, 2.05) is 0 Å². The molecule has 4 rings (SSSR count). The second-order valence-electron chi connectivity index (χ2n) is 20.4. The third-order valence-corrected chi connectivity index (χ3v) is 13.3. The van der Waals surface area contributed by atoms with E-state index >= 15 is 0 Å². The molecule has 0 aliphatic rings. The average molecular weight is 1230 g/mol. The van der Waals surface area contributed by atoms with Crippen molar-refractivity contribution in [2.24, 2.45) is 10.8 Å². The molecule has 458 valence electrons. The van der Waals surface area contributed by atoms with Gasteiger partial charge >= 0.3 is 60.7 Å². The maximum atomic E-state index is 14.5. The van der Waals surface area contributed by atoms with Gasteiger partial charge in [-0.3, -0.25) is 9.59 Å². The van der Waals surface area contributed by atoms with Crippen LogP contribution in [0.25, 0.3) is 11.1 Å². The smallest absolute Gasteiger partial charge is 0.346 e. The van der Waals surface area contributed by atoms with Gasteiger partial charge in [-0.15, -0.1) is 0 Å². The zero-order valence-electron chi connectivity index (χ0n) is 42.4. The number of quaternary nitrogens is 2. The number of halogens is 26. The zero-order valence-corrected chi connectivity index (χ0v) is 42.4. The summed E-state index contributed by atoms with van der Waals surface area (Å²) in [7, 11) is 6.99. The third kappa shape index (κ3) is 13.6. The topological polar surface area (TPSA) is 58.2 Å².